The average molecular weight is 263 g/mol. The zero-order valence-corrected chi connectivity index (χ0v) is 11.4. The first-order valence-corrected chi connectivity index (χ1v) is 6.30. The normalized spacial score (nSPS) is 12.4. The summed E-state index contributed by atoms with van der Waals surface area (Å²) in [6.45, 7) is 4.80. The smallest absolute Gasteiger partial charge is 0.167 e. The van der Waals surface area contributed by atoms with E-state index in [9.17, 15) is 4.39 Å². The van der Waals surface area contributed by atoms with Crippen molar-refractivity contribution in [3.63, 3.8) is 0 Å². The predicted molar refractivity (Wildman–Crippen MR) is 71.8 cm³/mol. The van der Waals surface area contributed by atoms with Crippen molar-refractivity contribution in [3.05, 3.63) is 42.0 Å². The molecule has 1 N–H and O–H groups in total. The van der Waals surface area contributed by atoms with Crippen LogP contribution >= 0.6 is 0 Å². The van der Waals surface area contributed by atoms with Crippen LogP contribution < -0.4 is 10.1 Å². The first kappa shape index (κ1) is 13.5. The molecular weight excluding hydrogens is 245 g/mol. The summed E-state index contributed by atoms with van der Waals surface area (Å²) in [7, 11) is 1.79. The first-order valence-electron chi connectivity index (χ1n) is 6.30. The van der Waals surface area contributed by atoms with Crippen molar-refractivity contribution in [2.75, 3.05) is 6.54 Å². The molecule has 0 bridgehead atoms. The second-order valence-electron chi connectivity index (χ2n) is 4.39. The molecule has 2 aromatic rings. The molecule has 0 aliphatic carbocycles. The van der Waals surface area contributed by atoms with Crippen molar-refractivity contribution in [3.8, 4) is 11.5 Å². The molecular formula is C14H18FN3O. The van der Waals surface area contributed by atoms with E-state index in [4.69, 9.17) is 4.74 Å². The highest BCUT2D eigenvalue weighted by molar-refractivity contribution is 5.40. The maximum absolute atomic E-state index is 14.0. The van der Waals surface area contributed by atoms with Gasteiger partial charge in [0.25, 0.3) is 0 Å². The van der Waals surface area contributed by atoms with Gasteiger partial charge in [-0.1, -0.05) is 19.1 Å². The number of nitrogens with one attached hydrogen (secondary N) is 1. The summed E-state index contributed by atoms with van der Waals surface area (Å²) < 4.78 is 21.2. The van der Waals surface area contributed by atoms with Gasteiger partial charge in [-0.15, -0.1) is 0 Å². The number of hydrogen-bond acceptors (Lipinski definition) is 3. The maximum atomic E-state index is 14.0. The lowest BCUT2D eigenvalue weighted by atomic mass is 10.1. The summed E-state index contributed by atoms with van der Waals surface area (Å²) in [6, 6.07) is 4.97. The van der Waals surface area contributed by atoms with Crippen molar-refractivity contribution in [1.29, 1.82) is 0 Å². The van der Waals surface area contributed by atoms with Gasteiger partial charge in [0.15, 0.2) is 17.3 Å². The molecule has 2 rings (SSSR count). The third-order valence-corrected chi connectivity index (χ3v) is 2.88. The van der Waals surface area contributed by atoms with Crippen molar-refractivity contribution in [2.24, 2.45) is 7.05 Å². The van der Waals surface area contributed by atoms with Crippen molar-refractivity contribution in [2.45, 2.75) is 19.9 Å². The number of aromatic nitrogens is 2. The summed E-state index contributed by atoms with van der Waals surface area (Å²) in [5.74, 6) is 0.410. The molecule has 102 valence electrons. The van der Waals surface area contributed by atoms with Gasteiger partial charge in [0.2, 0.25) is 0 Å². The number of rotatable bonds is 5. The SMILES string of the molecule is CCNC(C)c1cccc(F)c1Oc1cnn(C)c1. The van der Waals surface area contributed by atoms with Gasteiger partial charge in [0.1, 0.15) is 0 Å². The minimum absolute atomic E-state index is 0.0207. The van der Waals surface area contributed by atoms with Crippen molar-refractivity contribution >= 4 is 0 Å². The minimum atomic E-state index is -0.369. The van der Waals surface area contributed by atoms with Gasteiger partial charge in [0, 0.05) is 18.7 Å². The number of hydrogen-bond donors (Lipinski definition) is 1. The second-order valence-corrected chi connectivity index (χ2v) is 4.39. The van der Waals surface area contributed by atoms with Crippen LogP contribution in [0.25, 0.3) is 0 Å². The lowest BCUT2D eigenvalue weighted by Gasteiger charge is -2.17. The van der Waals surface area contributed by atoms with E-state index in [0.29, 0.717) is 5.75 Å². The monoisotopic (exact) mass is 263 g/mol. The van der Waals surface area contributed by atoms with Crippen LogP contribution in [0.15, 0.2) is 30.6 Å². The van der Waals surface area contributed by atoms with E-state index < -0.39 is 0 Å². The molecule has 1 heterocycles. The summed E-state index contributed by atoms with van der Waals surface area (Å²) >= 11 is 0. The fourth-order valence-corrected chi connectivity index (χ4v) is 1.96. The molecule has 0 saturated heterocycles. The van der Waals surface area contributed by atoms with E-state index in [1.54, 1.807) is 30.2 Å². The zero-order chi connectivity index (χ0) is 13.8. The van der Waals surface area contributed by atoms with Gasteiger partial charge in [-0.2, -0.15) is 5.10 Å². The van der Waals surface area contributed by atoms with Crippen molar-refractivity contribution < 1.29 is 9.13 Å². The first-order chi connectivity index (χ1) is 9.11. The molecule has 1 unspecified atom stereocenters. The number of nitrogens with zero attached hydrogens (tertiary/aromatic N) is 2. The second kappa shape index (κ2) is 5.84. The van der Waals surface area contributed by atoms with Crippen LogP contribution in [0.1, 0.15) is 25.5 Å². The van der Waals surface area contributed by atoms with Gasteiger partial charge in [0.05, 0.1) is 12.4 Å². The van der Waals surface area contributed by atoms with Crippen molar-refractivity contribution in [1.82, 2.24) is 15.1 Å². The third kappa shape index (κ3) is 3.12. The standard InChI is InChI=1S/C14H18FN3O/c1-4-16-10(2)12-6-5-7-13(15)14(12)19-11-8-17-18(3)9-11/h5-10,16H,4H2,1-3H3. The van der Waals surface area contributed by atoms with E-state index in [0.717, 1.165) is 12.1 Å². The van der Waals surface area contributed by atoms with Crippen LogP contribution in [0.4, 0.5) is 4.39 Å². The lowest BCUT2D eigenvalue weighted by Crippen LogP contribution is -2.18. The molecule has 1 aromatic heterocycles. The molecule has 0 spiro atoms. The highest BCUT2D eigenvalue weighted by atomic mass is 19.1. The summed E-state index contributed by atoms with van der Waals surface area (Å²) in [5, 5.41) is 7.26. The quantitative estimate of drug-likeness (QED) is 0.901. The molecule has 19 heavy (non-hydrogen) atoms. The third-order valence-electron chi connectivity index (χ3n) is 2.88. The number of benzene rings is 1. The Morgan fingerprint density at radius 1 is 1.47 bits per heavy atom. The molecule has 0 fully saturated rings. The number of halogens is 1. The molecule has 1 atom stereocenters. The number of para-hydroxylation sites is 1. The molecule has 0 aliphatic rings. The molecule has 0 aliphatic heterocycles. The Morgan fingerprint density at radius 3 is 2.89 bits per heavy atom. The van der Waals surface area contributed by atoms with Crippen LogP contribution in [-0.2, 0) is 7.05 Å². The molecule has 0 radical (unpaired) electrons. The Labute approximate surface area is 112 Å². The van der Waals surface area contributed by atoms with Crippen LogP contribution in [0.3, 0.4) is 0 Å². The largest absolute Gasteiger partial charge is 0.451 e. The van der Waals surface area contributed by atoms with E-state index in [1.165, 1.54) is 6.07 Å². The van der Waals surface area contributed by atoms with Crippen LogP contribution in [-0.4, -0.2) is 16.3 Å². The van der Waals surface area contributed by atoms with E-state index >= 15 is 0 Å². The van der Waals surface area contributed by atoms with Gasteiger partial charge < -0.3 is 10.1 Å². The Balaban J connectivity index is 2.32. The van der Waals surface area contributed by atoms with Gasteiger partial charge in [-0.3, -0.25) is 4.68 Å². The van der Waals surface area contributed by atoms with Crippen LogP contribution in [0.5, 0.6) is 11.5 Å². The highest BCUT2D eigenvalue weighted by Gasteiger charge is 2.16. The molecule has 1 aromatic carbocycles. The maximum Gasteiger partial charge on any atom is 0.167 e. The summed E-state index contributed by atoms with van der Waals surface area (Å²) in [6.07, 6.45) is 3.27. The Morgan fingerprint density at radius 2 is 2.26 bits per heavy atom. The topological polar surface area (TPSA) is 39.1 Å². The van der Waals surface area contributed by atoms with Gasteiger partial charge in [-0.25, -0.2) is 4.39 Å². The van der Waals surface area contributed by atoms with E-state index in [1.807, 2.05) is 19.9 Å². The van der Waals surface area contributed by atoms with E-state index in [2.05, 4.69) is 10.4 Å². The molecule has 4 nitrogen and oxygen atoms in total. The van der Waals surface area contributed by atoms with Crippen LogP contribution in [0.2, 0.25) is 0 Å². The average Bonchev–Trinajstić information content (AvgIpc) is 2.78. The fourth-order valence-electron chi connectivity index (χ4n) is 1.96. The molecule has 5 heteroatoms. The minimum Gasteiger partial charge on any atom is -0.451 e. The summed E-state index contributed by atoms with van der Waals surface area (Å²) in [5.41, 5.74) is 0.797. The summed E-state index contributed by atoms with van der Waals surface area (Å²) in [4.78, 5) is 0. The number of ether oxygens (including phenoxy) is 1. The van der Waals surface area contributed by atoms with Gasteiger partial charge in [-0.05, 0) is 19.5 Å². The predicted octanol–water partition coefficient (Wildman–Crippen LogP) is 3.02. The Hall–Kier alpha value is -1.88. The van der Waals surface area contributed by atoms with E-state index in [-0.39, 0.29) is 17.6 Å². The van der Waals surface area contributed by atoms with Crippen LogP contribution in [0, 0.1) is 5.82 Å². The number of aryl methyl sites for hydroxylation is 1. The fraction of sp³-hybridized carbons (Fsp3) is 0.357. The highest BCUT2D eigenvalue weighted by Crippen LogP contribution is 2.31. The lowest BCUT2D eigenvalue weighted by molar-refractivity contribution is 0.426. The Kier molecular flexibility index (Phi) is 4.16. The van der Waals surface area contributed by atoms with Gasteiger partial charge >= 0.3 is 0 Å². The zero-order valence-electron chi connectivity index (χ0n) is 11.4. The molecule has 0 amide bonds. The Bertz CT molecular complexity index is 553. The molecule has 0 saturated carbocycles.